The van der Waals surface area contributed by atoms with Gasteiger partial charge in [-0.2, -0.15) is 0 Å². The van der Waals surface area contributed by atoms with Gasteiger partial charge in [0.1, 0.15) is 0 Å². The van der Waals surface area contributed by atoms with Crippen molar-refractivity contribution >= 4 is 23.2 Å². The number of benzene rings is 1. The number of rotatable bonds is 5. The van der Waals surface area contributed by atoms with Gasteiger partial charge in [-0.25, -0.2) is 0 Å². The molecule has 2 nitrogen and oxygen atoms in total. The highest BCUT2D eigenvalue weighted by Gasteiger charge is 2.15. The number of nitrogens with two attached hydrogens (primary N) is 1. The zero-order chi connectivity index (χ0) is 11.3. The van der Waals surface area contributed by atoms with E-state index in [1.54, 1.807) is 0 Å². The molecule has 4 heteroatoms. The van der Waals surface area contributed by atoms with Crippen LogP contribution in [0.4, 0.5) is 0 Å². The molecule has 0 aliphatic carbocycles. The summed E-state index contributed by atoms with van der Waals surface area (Å²) in [5.41, 5.74) is 6.60. The first-order chi connectivity index (χ1) is 7.20. The van der Waals surface area contributed by atoms with Crippen molar-refractivity contribution in [2.24, 2.45) is 5.73 Å². The summed E-state index contributed by atoms with van der Waals surface area (Å²) in [6, 6.07) is 5.53. The second-order valence-corrected chi connectivity index (χ2v) is 4.19. The molecule has 0 saturated heterocycles. The second kappa shape index (κ2) is 6.33. The van der Waals surface area contributed by atoms with Crippen molar-refractivity contribution in [3.05, 3.63) is 33.8 Å². The van der Waals surface area contributed by atoms with Crippen LogP contribution in [0.1, 0.15) is 24.9 Å². The van der Waals surface area contributed by atoms with Crippen LogP contribution in [0, 0.1) is 0 Å². The van der Waals surface area contributed by atoms with Crippen LogP contribution in [0.2, 0.25) is 10.0 Å². The summed E-state index contributed by atoms with van der Waals surface area (Å²) in [7, 11) is 0. The van der Waals surface area contributed by atoms with Crippen molar-refractivity contribution in [1.29, 1.82) is 0 Å². The summed E-state index contributed by atoms with van der Waals surface area (Å²) in [5, 5.41) is 4.66. The van der Waals surface area contributed by atoms with Gasteiger partial charge in [0, 0.05) is 28.2 Å². The fourth-order valence-corrected chi connectivity index (χ4v) is 2.13. The van der Waals surface area contributed by atoms with Gasteiger partial charge in [0.25, 0.3) is 0 Å². The van der Waals surface area contributed by atoms with Crippen molar-refractivity contribution in [3.63, 3.8) is 0 Å². The van der Waals surface area contributed by atoms with E-state index in [-0.39, 0.29) is 6.04 Å². The van der Waals surface area contributed by atoms with Gasteiger partial charge in [-0.3, -0.25) is 0 Å². The SMILES string of the molecule is CCCNC(CN)c1c(Cl)cccc1Cl. The largest absolute Gasteiger partial charge is 0.329 e. The van der Waals surface area contributed by atoms with E-state index in [2.05, 4.69) is 12.2 Å². The van der Waals surface area contributed by atoms with Crippen LogP contribution in [0.15, 0.2) is 18.2 Å². The van der Waals surface area contributed by atoms with Crippen molar-refractivity contribution in [1.82, 2.24) is 5.32 Å². The van der Waals surface area contributed by atoms with Crippen LogP contribution in [0.25, 0.3) is 0 Å². The van der Waals surface area contributed by atoms with Crippen molar-refractivity contribution in [3.8, 4) is 0 Å². The van der Waals surface area contributed by atoms with E-state index in [9.17, 15) is 0 Å². The molecule has 0 radical (unpaired) electrons. The lowest BCUT2D eigenvalue weighted by Gasteiger charge is -2.19. The molecule has 1 aromatic rings. The monoisotopic (exact) mass is 246 g/mol. The highest BCUT2D eigenvalue weighted by molar-refractivity contribution is 6.36. The molecule has 0 fully saturated rings. The zero-order valence-corrected chi connectivity index (χ0v) is 10.3. The Morgan fingerprint density at radius 2 is 1.93 bits per heavy atom. The normalized spacial score (nSPS) is 12.8. The molecule has 0 amide bonds. The van der Waals surface area contributed by atoms with Crippen LogP contribution < -0.4 is 11.1 Å². The van der Waals surface area contributed by atoms with Crippen LogP contribution in [0.3, 0.4) is 0 Å². The molecule has 0 aliphatic heterocycles. The summed E-state index contributed by atoms with van der Waals surface area (Å²) in [6.45, 7) is 3.50. The van der Waals surface area contributed by atoms with Gasteiger partial charge in [0.15, 0.2) is 0 Å². The molecule has 1 unspecified atom stereocenters. The van der Waals surface area contributed by atoms with Gasteiger partial charge in [0.2, 0.25) is 0 Å². The van der Waals surface area contributed by atoms with Crippen molar-refractivity contribution < 1.29 is 0 Å². The minimum Gasteiger partial charge on any atom is -0.329 e. The van der Waals surface area contributed by atoms with Crippen LogP contribution in [-0.2, 0) is 0 Å². The predicted molar refractivity (Wildman–Crippen MR) is 66.6 cm³/mol. The summed E-state index contributed by atoms with van der Waals surface area (Å²) >= 11 is 12.2. The van der Waals surface area contributed by atoms with Crippen molar-refractivity contribution in [2.75, 3.05) is 13.1 Å². The Hall–Kier alpha value is -0.280. The second-order valence-electron chi connectivity index (χ2n) is 3.38. The number of nitrogens with one attached hydrogen (secondary N) is 1. The van der Waals surface area contributed by atoms with E-state index in [0.717, 1.165) is 18.5 Å². The summed E-state index contributed by atoms with van der Waals surface area (Å²) < 4.78 is 0. The molecule has 0 bridgehead atoms. The predicted octanol–water partition coefficient (Wildman–Crippen LogP) is 2.99. The van der Waals surface area contributed by atoms with Gasteiger partial charge in [-0.1, -0.05) is 36.2 Å². The number of hydrogen-bond donors (Lipinski definition) is 2. The molecule has 0 heterocycles. The van der Waals surface area contributed by atoms with Gasteiger partial charge < -0.3 is 11.1 Å². The average molecular weight is 247 g/mol. The van der Waals surface area contributed by atoms with E-state index >= 15 is 0 Å². The minimum atomic E-state index is 0.0335. The first kappa shape index (κ1) is 12.8. The molecule has 1 rings (SSSR count). The molecule has 15 heavy (non-hydrogen) atoms. The van der Waals surface area contributed by atoms with Crippen LogP contribution in [0.5, 0.6) is 0 Å². The fraction of sp³-hybridized carbons (Fsp3) is 0.455. The number of hydrogen-bond acceptors (Lipinski definition) is 2. The lowest BCUT2D eigenvalue weighted by atomic mass is 10.1. The molecule has 84 valence electrons. The molecular weight excluding hydrogens is 231 g/mol. The van der Waals surface area contributed by atoms with Crippen molar-refractivity contribution in [2.45, 2.75) is 19.4 Å². The molecule has 1 atom stereocenters. The third-order valence-corrected chi connectivity index (χ3v) is 2.88. The maximum atomic E-state index is 6.10. The smallest absolute Gasteiger partial charge is 0.0474 e. The van der Waals surface area contributed by atoms with E-state index < -0.39 is 0 Å². The van der Waals surface area contributed by atoms with Gasteiger partial charge in [-0.15, -0.1) is 0 Å². The fourth-order valence-electron chi connectivity index (χ4n) is 1.47. The first-order valence-electron chi connectivity index (χ1n) is 5.08. The van der Waals surface area contributed by atoms with Gasteiger partial charge in [0.05, 0.1) is 0 Å². The lowest BCUT2D eigenvalue weighted by molar-refractivity contribution is 0.540. The van der Waals surface area contributed by atoms with Gasteiger partial charge >= 0.3 is 0 Å². The number of halogens is 2. The van der Waals surface area contributed by atoms with Gasteiger partial charge in [-0.05, 0) is 25.1 Å². The molecule has 0 saturated carbocycles. The molecule has 0 spiro atoms. The summed E-state index contributed by atoms with van der Waals surface area (Å²) in [5.74, 6) is 0. The van der Waals surface area contributed by atoms with E-state index in [1.807, 2.05) is 18.2 Å². The maximum Gasteiger partial charge on any atom is 0.0474 e. The Balaban J connectivity index is 2.90. The van der Waals surface area contributed by atoms with E-state index in [0.29, 0.717) is 16.6 Å². The van der Waals surface area contributed by atoms with E-state index in [4.69, 9.17) is 28.9 Å². The molecular formula is C11H16Cl2N2. The maximum absolute atomic E-state index is 6.10. The zero-order valence-electron chi connectivity index (χ0n) is 8.76. The average Bonchev–Trinajstić information content (AvgIpc) is 2.22. The highest BCUT2D eigenvalue weighted by atomic mass is 35.5. The standard InChI is InChI=1S/C11H16Cl2N2/c1-2-6-15-10(7-14)11-8(12)4-3-5-9(11)13/h3-5,10,15H,2,6-7,14H2,1H3. The Morgan fingerprint density at radius 3 is 2.40 bits per heavy atom. The summed E-state index contributed by atoms with van der Waals surface area (Å²) in [4.78, 5) is 0. The Morgan fingerprint density at radius 1 is 1.33 bits per heavy atom. The minimum absolute atomic E-state index is 0.0335. The third kappa shape index (κ3) is 3.35. The molecule has 1 aromatic carbocycles. The Kier molecular flexibility index (Phi) is 5.40. The first-order valence-corrected chi connectivity index (χ1v) is 5.83. The summed E-state index contributed by atoms with van der Waals surface area (Å²) in [6.07, 6.45) is 1.05. The molecule has 3 N–H and O–H groups in total. The van der Waals surface area contributed by atoms with E-state index in [1.165, 1.54) is 0 Å². The quantitative estimate of drug-likeness (QED) is 0.839. The molecule has 0 aromatic heterocycles. The third-order valence-electron chi connectivity index (χ3n) is 2.22. The lowest BCUT2D eigenvalue weighted by Crippen LogP contribution is -2.29. The molecule has 0 aliphatic rings. The highest BCUT2D eigenvalue weighted by Crippen LogP contribution is 2.29. The Labute approximate surface area is 101 Å². The van der Waals surface area contributed by atoms with Crippen LogP contribution >= 0.6 is 23.2 Å². The topological polar surface area (TPSA) is 38.0 Å². The van der Waals surface area contributed by atoms with Crippen LogP contribution in [-0.4, -0.2) is 13.1 Å². The Bertz CT molecular complexity index is 295.